The van der Waals surface area contributed by atoms with Crippen molar-refractivity contribution in [2.24, 2.45) is 0 Å². The topological polar surface area (TPSA) is 77.7 Å². The zero-order valence-corrected chi connectivity index (χ0v) is 16.4. The van der Waals surface area contributed by atoms with E-state index in [0.29, 0.717) is 31.7 Å². The zero-order chi connectivity index (χ0) is 19.6. The first-order valence-corrected chi connectivity index (χ1v) is 9.43. The van der Waals surface area contributed by atoms with Crippen LogP contribution < -0.4 is 10.1 Å². The number of hydrogen-bond acceptors (Lipinski definition) is 4. The van der Waals surface area contributed by atoms with Crippen LogP contribution in [0.3, 0.4) is 0 Å². The first-order chi connectivity index (χ1) is 13.0. The summed E-state index contributed by atoms with van der Waals surface area (Å²) in [6.45, 7) is 6.04. The number of aromatic amines is 1. The molecule has 0 unspecified atom stereocenters. The Labute approximate surface area is 159 Å². The summed E-state index contributed by atoms with van der Waals surface area (Å²) in [7, 11) is 3.56. The molecule has 3 rings (SSSR count). The number of nitrogens with one attached hydrogen (secondary N) is 2. The van der Waals surface area contributed by atoms with Gasteiger partial charge in [-0.2, -0.15) is 0 Å². The number of ether oxygens (including phenoxy) is 1. The van der Waals surface area contributed by atoms with Gasteiger partial charge in [0.15, 0.2) is 0 Å². The van der Waals surface area contributed by atoms with Crippen LogP contribution in [-0.4, -0.2) is 72.5 Å². The van der Waals surface area contributed by atoms with Crippen LogP contribution in [0.25, 0.3) is 10.9 Å². The Morgan fingerprint density at radius 3 is 2.70 bits per heavy atom. The molecule has 2 amide bonds. The van der Waals surface area contributed by atoms with Crippen molar-refractivity contribution in [3.05, 3.63) is 30.0 Å². The summed E-state index contributed by atoms with van der Waals surface area (Å²) < 4.78 is 5.23. The number of likely N-dealkylation sites (tertiary alicyclic amines) is 1. The van der Waals surface area contributed by atoms with E-state index in [1.54, 1.807) is 7.11 Å². The van der Waals surface area contributed by atoms with Gasteiger partial charge in [0.05, 0.1) is 13.2 Å². The Morgan fingerprint density at radius 1 is 1.30 bits per heavy atom. The molecule has 0 bridgehead atoms. The van der Waals surface area contributed by atoms with Crippen molar-refractivity contribution < 1.29 is 14.3 Å². The van der Waals surface area contributed by atoms with Gasteiger partial charge in [-0.15, -0.1) is 0 Å². The summed E-state index contributed by atoms with van der Waals surface area (Å²) in [5.41, 5.74) is 1.40. The molecule has 1 aromatic heterocycles. The number of likely N-dealkylation sites (N-methyl/N-ethyl adjacent to an activating group) is 2. The molecular weight excluding hydrogens is 344 g/mol. The third-order valence-electron chi connectivity index (χ3n) is 5.32. The number of benzene rings is 1. The smallest absolute Gasteiger partial charge is 0.267 e. The standard InChI is InChI=1S/C20H28N4O3/c1-5-24(6-2)20(26)18-11-14(12-23(18)3)21-19(25)17-10-13-9-15(27-4)7-8-16(13)22-17/h7-10,14,18,22H,5-6,11-12H2,1-4H3,(H,21,25)/t14-,18-/m0/s1. The predicted molar refractivity (Wildman–Crippen MR) is 105 cm³/mol. The number of hydrogen-bond donors (Lipinski definition) is 2. The molecule has 1 aromatic carbocycles. The minimum atomic E-state index is -0.179. The fraction of sp³-hybridized carbons (Fsp3) is 0.500. The van der Waals surface area contributed by atoms with Gasteiger partial charge in [-0.1, -0.05) is 0 Å². The molecule has 1 aliphatic rings. The Bertz CT molecular complexity index is 828. The van der Waals surface area contributed by atoms with Gasteiger partial charge in [0.25, 0.3) is 5.91 Å². The highest BCUT2D eigenvalue weighted by Gasteiger charge is 2.36. The molecule has 2 aromatic rings. The SMILES string of the molecule is CCN(CC)C(=O)[C@@H]1C[C@H](NC(=O)c2cc3cc(OC)ccc3[nH]2)CN1C. The van der Waals surface area contributed by atoms with E-state index in [0.717, 1.165) is 16.7 Å². The average Bonchev–Trinajstić information content (AvgIpc) is 3.25. The van der Waals surface area contributed by atoms with Crippen LogP contribution in [0.4, 0.5) is 0 Å². The number of nitrogens with zero attached hydrogens (tertiary/aromatic N) is 2. The van der Waals surface area contributed by atoms with E-state index in [-0.39, 0.29) is 23.9 Å². The minimum absolute atomic E-state index is 0.0482. The maximum Gasteiger partial charge on any atom is 0.267 e. The lowest BCUT2D eigenvalue weighted by molar-refractivity contribution is -0.135. The normalized spacial score (nSPS) is 20.0. The second kappa shape index (κ2) is 8.00. The first kappa shape index (κ1) is 19.2. The molecule has 146 valence electrons. The van der Waals surface area contributed by atoms with Crippen LogP contribution in [0.5, 0.6) is 5.75 Å². The first-order valence-electron chi connectivity index (χ1n) is 9.43. The minimum Gasteiger partial charge on any atom is -0.497 e. The van der Waals surface area contributed by atoms with Gasteiger partial charge in [0.1, 0.15) is 11.4 Å². The van der Waals surface area contributed by atoms with Crippen molar-refractivity contribution in [3.8, 4) is 5.75 Å². The highest BCUT2D eigenvalue weighted by atomic mass is 16.5. The van der Waals surface area contributed by atoms with E-state index >= 15 is 0 Å². The molecule has 27 heavy (non-hydrogen) atoms. The molecular formula is C20H28N4O3. The van der Waals surface area contributed by atoms with E-state index in [4.69, 9.17) is 4.74 Å². The van der Waals surface area contributed by atoms with Crippen LogP contribution >= 0.6 is 0 Å². The summed E-state index contributed by atoms with van der Waals surface area (Å²) in [6.07, 6.45) is 0.631. The maximum atomic E-state index is 12.7. The number of aromatic nitrogens is 1. The summed E-state index contributed by atoms with van der Waals surface area (Å²) in [5.74, 6) is 0.736. The number of fused-ring (bicyclic) bond motifs is 1. The third-order valence-corrected chi connectivity index (χ3v) is 5.32. The predicted octanol–water partition coefficient (Wildman–Crippen LogP) is 1.85. The molecule has 0 saturated carbocycles. The van der Waals surface area contributed by atoms with Crippen molar-refractivity contribution in [2.45, 2.75) is 32.4 Å². The molecule has 0 spiro atoms. The molecule has 7 nitrogen and oxygen atoms in total. The molecule has 1 saturated heterocycles. The maximum absolute atomic E-state index is 12.7. The number of rotatable bonds is 6. The lowest BCUT2D eigenvalue weighted by Crippen LogP contribution is -2.44. The second-order valence-corrected chi connectivity index (χ2v) is 7.01. The number of carbonyl (C=O) groups is 2. The van der Waals surface area contributed by atoms with Crippen molar-refractivity contribution in [2.75, 3.05) is 33.8 Å². The van der Waals surface area contributed by atoms with E-state index in [9.17, 15) is 9.59 Å². The number of amides is 2. The van der Waals surface area contributed by atoms with Crippen LogP contribution in [0.2, 0.25) is 0 Å². The Morgan fingerprint density at radius 2 is 2.04 bits per heavy atom. The zero-order valence-electron chi connectivity index (χ0n) is 16.4. The second-order valence-electron chi connectivity index (χ2n) is 7.01. The third kappa shape index (κ3) is 3.93. The number of H-pyrrole nitrogens is 1. The van der Waals surface area contributed by atoms with Gasteiger partial charge >= 0.3 is 0 Å². The molecule has 7 heteroatoms. The lowest BCUT2D eigenvalue weighted by Gasteiger charge is -2.26. The molecule has 2 heterocycles. The number of carbonyl (C=O) groups excluding carboxylic acids is 2. The fourth-order valence-electron chi connectivity index (χ4n) is 3.76. The Hall–Kier alpha value is -2.54. The van der Waals surface area contributed by atoms with E-state index in [1.165, 1.54) is 0 Å². The van der Waals surface area contributed by atoms with Crippen molar-refractivity contribution >= 4 is 22.7 Å². The summed E-state index contributed by atoms with van der Waals surface area (Å²) in [6, 6.07) is 7.24. The molecule has 1 fully saturated rings. The van der Waals surface area contributed by atoms with Crippen molar-refractivity contribution in [1.82, 2.24) is 20.1 Å². The van der Waals surface area contributed by atoms with Gasteiger partial charge < -0.3 is 19.9 Å². The van der Waals surface area contributed by atoms with E-state index in [1.807, 2.05) is 55.0 Å². The highest BCUT2D eigenvalue weighted by molar-refractivity contribution is 5.98. The van der Waals surface area contributed by atoms with Crippen molar-refractivity contribution in [1.29, 1.82) is 0 Å². The molecule has 0 aliphatic carbocycles. The van der Waals surface area contributed by atoms with E-state index < -0.39 is 0 Å². The van der Waals surface area contributed by atoms with Gasteiger partial charge in [-0.25, -0.2) is 0 Å². The van der Waals surface area contributed by atoms with Gasteiger partial charge in [0.2, 0.25) is 5.91 Å². The van der Waals surface area contributed by atoms with Gasteiger partial charge in [-0.05, 0) is 51.6 Å². The largest absolute Gasteiger partial charge is 0.497 e. The molecule has 2 N–H and O–H groups in total. The van der Waals surface area contributed by atoms with Gasteiger partial charge in [0, 0.05) is 36.6 Å². The summed E-state index contributed by atoms with van der Waals surface area (Å²) in [4.78, 5) is 32.3. The van der Waals surface area contributed by atoms with Crippen molar-refractivity contribution in [3.63, 3.8) is 0 Å². The molecule has 0 radical (unpaired) electrons. The fourth-order valence-corrected chi connectivity index (χ4v) is 3.76. The van der Waals surface area contributed by atoms with Crippen LogP contribution in [0, 0.1) is 0 Å². The monoisotopic (exact) mass is 372 g/mol. The lowest BCUT2D eigenvalue weighted by atomic mass is 10.1. The van der Waals surface area contributed by atoms with E-state index in [2.05, 4.69) is 10.3 Å². The summed E-state index contributed by atoms with van der Waals surface area (Å²) in [5, 5.41) is 3.99. The Kier molecular flexibility index (Phi) is 5.70. The van der Waals surface area contributed by atoms with Crippen LogP contribution in [-0.2, 0) is 4.79 Å². The summed E-state index contributed by atoms with van der Waals surface area (Å²) >= 11 is 0. The van der Waals surface area contributed by atoms with Crippen LogP contribution in [0.1, 0.15) is 30.8 Å². The van der Waals surface area contributed by atoms with Gasteiger partial charge in [-0.3, -0.25) is 14.5 Å². The number of methoxy groups -OCH3 is 1. The average molecular weight is 372 g/mol. The quantitative estimate of drug-likeness (QED) is 0.811. The van der Waals surface area contributed by atoms with Crippen LogP contribution in [0.15, 0.2) is 24.3 Å². The highest BCUT2D eigenvalue weighted by Crippen LogP contribution is 2.22. The Balaban J connectivity index is 1.67. The molecule has 2 atom stereocenters. The molecule has 1 aliphatic heterocycles.